The standard InChI is InChI=1S/C16H16ClNO3/c1-8-2-5-11(7-12(8)17)18-15(19)13-9-3-4-10(6-9)14(13)16(20)21/h2-5,7,9-10,13-14H,6H2,1H3,(H,18,19)(H,20,21)/t9-,10-,13-,14-/m0/s1. The first kappa shape index (κ1) is 14.1. The number of carboxylic acids is 1. The van der Waals surface area contributed by atoms with Gasteiger partial charge in [-0.3, -0.25) is 9.59 Å². The Labute approximate surface area is 127 Å². The Morgan fingerprint density at radius 1 is 1.24 bits per heavy atom. The van der Waals surface area contributed by atoms with Crippen molar-refractivity contribution in [2.75, 3.05) is 5.32 Å². The van der Waals surface area contributed by atoms with Gasteiger partial charge in [-0.2, -0.15) is 0 Å². The van der Waals surface area contributed by atoms with E-state index in [2.05, 4.69) is 5.32 Å². The predicted molar refractivity (Wildman–Crippen MR) is 80.2 cm³/mol. The molecule has 0 heterocycles. The van der Waals surface area contributed by atoms with Crippen LogP contribution in [0, 0.1) is 30.6 Å². The van der Waals surface area contributed by atoms with Gasteiger partial charge in [-0.25, -0.2) is 0 Å². The van der Waals surface area contributed by atoms with E-state index in [1.54, 1.807) is 12.1 Å². The Kier molecular flexibility index (Phi) is 3.49. The molecule has 2 aliphatic carbocycles. The minimum atomic E-state index is -0.895. The predicted octanol–water partition coefficient (Wildman–Crippen LogP) is 3.11. The van der Waals surface area contributed by atoms with Gasteiger partial charge in [0.1, 0.15) is 0 Å². The van der Waals surface area contributed by atoms with Gasteiger partial charge in [-0.05, 0) is 42.9 Å². The van der Waals surface area contributed by atoms with Crippen molar-refractivity contribution in [1.29, 1.82) is 0 Å². The fraction of sp³-hybridized carbons (Fsp3) is 0.375. The van der Waals surface area contributed by atoms with Crippen LogP contribution in [0.2, 0.25) is 5.02 Å². The van der Waals surface area contributed by atoms with Crippen molar-refractivity contribution in [2.45, 2.75) is 13.3 Å². The van der Waals surface area contributed by atoms with Crippen LogP contribution in [-0.4, -0.2) is 17.0 Å². The van der Waals surface area contributed by atoms with Gasteiger partial charge in [-0.1, -0.05) is 29.8 Å². The summed E-state index contributed by atoms with van der Waals surface area (Å²) < 4.78 is 0. The summed E-state index contributed by atoms with van der Waals surface area (Å²) in [5.41, 5.74) is 1.53. The van der Waals surface area contributed by atoms with Crippen LogP contribution >= 0.6 is 11.6 Å². The molecule has 0 aromatic heterocycles. The average molecular weight is 306 g/mol. The van der Waals surface area contributed by atoms with E-state index >= 15 is 0 Å². The Bertz CT molecular complexity index is 640. The first-order chi connectivity index (χ1) is 9.97. The van der Waals surface area contributed by atoms with Crippen molar-refractivity contribution in [1.82, 2.24) is 0 Å². The molecule has 3 rings (SSSR count). The van der Waals surface area contributed by atoms with Crippen molar-refractivity contribution in [3.63, 3.8) is 0 Å². The number of hydrogen-bond acceptors (Lipinski definition) is 2. The molecule has 1 aromatic carbocycles. The molecule has 0 aliphatic heterocycles. The molecular formula is C16H16ClNO3. The van der Waals surface area contributed by atoms with Gasteiger partial charge in [0.2, 0.25) is 5.91 Å². The van der Waals surface area contributed by atoms with Crippen LogP contribution in [0.15, 0.2) is 30.4 Å². The summed E-state index contributed by atoms with van der Waals surface area (Å²) in [5, 5.41) is 12.7. The molecule has 5 heteroatoms. The number of hydrogen-bond donors (Lipinski definition) is 2. The van der Waals surface area contributed by atoms with Gasteiger partial charge >= 0.3 is 5.97 Å². The number of aliphatic carboxylic acids is 1. The fourth-order valence-corrected chi connectivity index (χ4v) is 3.59. The van der Waals surface area contributed by atoms with E-state index in [0.29, 0.717) is 10.7 Å². The van der Waals surface area contributed by atoms with Crippen LogP contribution in [0.1, 0.15) is 12.0 Å². The molecule has 4 nitrogen and oxygen atoms in total. The highest BCUT2D eigenvalue weighted by molar-refractivity contribution is 6.31. The maximum atomic E-state index is 12.5. The third-order valence-corrected chi connectivity index (χ3v) is 4.89. The summed E-state index contributed by atoms with van der Waals surface area (Å²) in [6, 6.07) is 5.29. The lowest BCUT2D eigenvalue weighted by Gasteiger charge is -2.23. The van der Waals surface area contributed by atoms with Crippen LogP contribution in [0.3, 0.4) is 0 Å². The number of carbonyl (C=O) groups is 2. The van der Waals surface area contributed by atoms with Gasteiger partial charge in [0.15, 0.2) is 0 Å². The summed E-state index contributed by atoms with van der Waals surface area (Å²) in [7, 11) is 0. The summed E-state index contributed by atoms with van der Waals surface area (Å²) >= 11 is 6.04. The molecule has 4 atom stereocenters. The Morgan fingerprint density at radius 3 is 2.52 bits per heavy atom. The number of carboxylic acid groups (broad SMARTS) is 1. The van der Waals surface area contributed by atoms with Crippen LogP contribution in [-0.2, 0) is 9.59 Å². The lowest BCUT2D eigenvalue weighted by atomic mass is 9.82. The highest BCUT2D eigenvalue weighted by atomic mass is 35.5. The maximum absolute atomic E-state index is 12.5. The molecule has 2 bridgehead atoms. The molecular weight excluding hydrogens is 290 g/mol. The largest absolute Gasteiger partial charge is 0.481 e. The number of fused-ring (bicyclic) bond motifs is 2. The van der Waals surface area contributed by atoms with Crippen LogP contribution in [0.25, 0.3) is 0 Å². The fourth-order valence-electron chi connectivity index (χ4n) is 3.41. The molecule has 2 N–H and O–H groups in total. The first-order valence-electron chi connectivity index (χ1n) is 6.95. The molecule has 1 amide bonds. The molecule has 0 radical (unpaired) electrons. The highest BCUT2D eigenvalue weighted by Gasteiger charge is 2.51. The number of carbonyl (C=O) groups excluding carboxylic acids is 1. The number of allylic oxidation sites excluding steroid dienone is 2. The number of aryl methyl sites for hydroxylation is 1. The third-order valence-electron chi connectivity index (χ3n) is 4.49. The lowest BCUT2D eigenvalue weighted by molar-refractivity contribution is -0.146. The normalized spacial score (nSPS) is 29.6. The molecule has 0 unspecified atom stereocenters. The van der Waals surface area contributed by atoms with Gasteiger partial charge in [-0.15, -0.1) is 0 Å². The van der Waals surface area contributed by atoms with E-state index in [4.69, 9.17) is 11.6 Å². The zero-order chi connectivity index (χ0) is 15.1. The zero-order valence-electron chi connectivity index (χ0n) is 11.5. The SMILES string of the molecule is Cc1ccc(NC(=O)[C@@H]2[C@@H](C(=O)O)[C@H]3C=C[C@H]2C3)cc1Cl. The van der Waals surface area contributed by atoms with E-state index in [9.17, 15) is 14.7 Å². The topological polar surface area (TPSA) is 66.4 Å². The zero-order valence-corrected chi connectivity index (χ0v) is 12.3. The van der Waals surface area contributed by atoms with Crippen molar-refractivity contribution in [2.24, 2.45) is 23.7 Å². The number of nitrogens with one attached hydrogen (secondary N) is 1. The average Bonchev–Trinajstić information content (AvgIpc) is 3.03. The van der Waals surface area contributed by atoms with Gasteiger partial charge in [0.25, 0.3) is 0 Å². The molecule has 21 heavy (non-hydrogen) atoms. The molecule has 110 valence electrons. The number of anilines is 1. The first-order valence-corrected chi connectivity index (χ1v) is 7.33. The van der Waals surface area contributed by atoms with Crippen molar-refractivity contribution < 1.29 is 14.7 Å². The van der Waals surface area contributed by atoms with Gasteiger partial charge < -0.3 is 10.4 Å². The Hall–Kier alpha value is -1.81. The molecule has 1 saturated carbocycles. The van der Waals surface area contributed by atoms with Crippen LogP contribution in [0.5, 0.6) is 0 Å². The van der Waals surface area contributed by atoms with Crippen LogP contribution in [0.4, 0.5) is 5.69 Å². The smallest absolute Gasteiger partial charge is 0.307 e. The number of benzene rings is 1. The van der Waals surface area contributed by atoms with Gasteiger partial charge in [0, 0.05) is 10.7 Å². The van der Waals surface area contributed by atoms with E-state index in [1.807, 2.05) is 25.1 Å². The second-order valence-electron chi connectivity index (χ2n) is 5.79. The molecule has 1 aromatic rings. The molecule has 1 fully saturated rings. The minimum Gasteiger partial charge on any atom is -0.481 e. The quantitative estimate of drug-likeness (QED) is 0.843. The van der Waals surface area contributed by atoms with Crippen LogP contribution < -0.4 is 5.32 Å². The molecule has 2 aliphatic rings. The highest BCUT2D eigenvalue weighted by Crippen LogP contribution is 2.48. The van der Waals surface area contributed by atoms with E-state index in [0.717, 1.165) is 12.0 Å². The van der Waals surface area contributed by atoms with Crippen molar-refractivity contribution in [3.05, 3.63) is 40.9 Å². The summed E-state index contributed by atoms with van der Waals surface area (Å²) in [6.45, 7) is 1.88. The second kappa shape index (κ2) is 5.19. The minimum absolute atomic E-state index is 0.0233. The maximum Gasteiger partial charge on any atom is 0.307 e. The Balaban J connectivity index is 1.80. The lowest BCUT2D eigenvalue weighted by Crippen LogP contribution is -2.36. The van der Waals surface area contributed by atoms with E-state index in [1.165, 1.54) is 0 Å². The van der Waals surface area contributed by atoms with E-state index in [-0.39, 0.29) is 17.7 Å². The summed E-state index contributed by atoms with van der Waals surface area (Å²) in [4.78, 5) is 23.9. The monoisotopic (exact) mass is 305 g/mol. The number of halogens is 1. The second-order valence-corrected chi connectivity index (χ2v) is 6.20. The summed E-state index contributed by atoms with van der Waals surface area (Å²) in [5.74, 6) is -2.26. The van der Waals surface area contributed by atoms with Crippen molar-refractivity contribution in [3.8, 4) is 0 Å². The van der Waals surface area contributed by atoms with Crippen molar-refractivity contribution >= 4 is 29.2 Å². The summed E-state index contributed by atoms with van der Waals surface area (Å²) in [6.07, 6.45) is 4.65. The number of rotatable bonds is 3. The third kappa shape index (κ3) is 2.44. The van der Waals surface area contributed by atoms with Gasteiger partial charge in [0.05, 0.1) is 11.8 Å². The number of amides is 1. The van der Waals surface area contributed by atoms with E-state index < -0.39 is 17.8 Å². The molecule has 0 spiro atoms. The molecule has 0 saturated heterocycles. The Morgan fingerprint density at radius 2 is 1.90 bits per heavy atom.